The van der Waals surface area contributed by atoms with Crippen molar-refractivity contribution < 1.29 is 28.5 Å². The van der Waals surface area contributed by atoms with Crippen molar-refractivity contribution in [2.75, 3.05) is 27.4 Å². The standard InChI is InChI=1S/C33H33NO6/c1-21-30(33(36)40-17-16-39-26-9-5-4-6-10-26)31(23-8-7-11-27(18-23)38-3)32-28(34-21)19-24(20-29(32)35)22-12-14-25(37-2)15-13-22/h4-15,18,24,31,34H,16-17,19-20H2,1-3H3. The number of ether oxygens (including phenoxy) is 4. The number of dihydropyridines is 1. The molecule has 2 unspecified atom stereocenters. The highest BCUT2D eigenvalue weighted by Crippen LogP contribution is 2.46. The Hall–Kier alpha value is -4.52. The molecule has 7 nitrogen and oxygen atoms in total. The number of benzene rings is 3. The number of methoxy groups -OCH3 is 2. The van der Waals surface area contributed by atoms with Gasteiger partial charge in [-0.2, -0.15) is 0 Å². The number of esters is 1. The molecule has 0 radical (unpaired) electrons. The average Bonchev–Trinajstić information content (AvgIpc) is 2.99. The highest BCUT2D eigenvalue weighted by Gasteiger charge is 2.41. The number of ketones is 1. The van der Waals surface area contributed by atoms with Gasteiger partial charge in [-0.05, 0) is 66.8 Å². The average molecular weight is 540 g/mol. The number of hydrogen-bond donors (Lipinski definition) is 1. The Balaban J connectivity index is 1.42. The van der Waals surface area contributed by atoms with E-state index in [1.54, 1.807) is 14.2 Å². The Kier molecular flexibility index (Phi) is 8.20. The molecule has 0 amide bonds. The summed E-state index contributed by atoms with van der Waals surface area (Å²) in [7, 11) is 3.23. The number of carbonyl (C=O) groups is 2. The second-order valence-corrected chi connectivity index (χ2v) is 9.86. The molecule has 1 N–H and O–H groups in total. The quantitative estimate of drug-likeness (QED) is 0.276. The minimum absolute atomic E-state index is 0.00704. The summed E-state index contributed by atoms with van der Waals surface area (Å²) in [6.07, 6.45) is 0.998. The summed E-state index contributed by atoms with van der Waals surface area (Å²) in [5.74, 6) is 1.11. The Morgan fingerprint density at radius 3 is 2.27 bits per heavy atom. The van der Waals surface area contributed by atoms with E-state index in [9.17, 15) is 9.59 Å². The molecule has 0 bridgehead atoms. The first kappa shape index (κ1) is 27.1. The minimum Gasteiger partial charge on any atom is -0.497 e. The molecule has 0 spiro atoms. The van der Waals surface area contributed by atoms with Crippen molar-refractivity contribution in [2.45, 2.75) is 31.6 Å². The predicted molar refractivity (Wildman–Crippen MR) is 151 cm³/mol. The number of nitrogens with one attached hydrogen (secondary N) is 1. The van der Waals surface area contributed by atoms with Gasteiger partial charge in [0, 0.05) is 29.3 Å². The number of hydrogen-bond acceptors (Lipinski definition) is 7. The molecular formula is C33H33NO6. The van der Waals surface area contributed by atoms with Crippen LogP contribution in [-0.4, -0.2) is 39.2 Å². The van der Waals surface area contributed by atoms with Gasteiger partial charge in [-0.25, -0.2) is 4.79 Å². The summed E-state index contributed by atoms with van der Waals surface area (Å²) in [5, 5.41) is 3.40. The maximum Gasteiger partial charge on any atom is 0.336 e. The van der Waals surface area contributed by atoms with Crippen molar-refractivity contribution in [3.63, 3.8) is 0 Å². The van der Waals surface area contributed by atoms with Crippen LogP contribution in [0.2, 0.25) is 0 Å². The predicted octanol–water partition coefficient (Wildman–Crippen LogP) is 5.69. The highest BCUT2D eigenvalue weighted by molar-refractivity contribution is 6.04. The number of rotatable bonds is 9. The summed E-state index contributed by atoms with van der Waals surface area (Å²) < 4.78 is 22.1. The third-order valence-electron chi connectivity index (χ3n) is 7.39. The molecule has 3 aromatic carbocycles. The van der Waals surface area contributed by atoms with Gasteiger partial charge in [0.05, 0.1) is 19.8 Å². The second kappa shape index (κ2) is 12.1. The van der Waals surface area contributed by atoms with Gasteiger partial charge in [-0.3, -0.25) is 4.79 Å². The minimum atomic E-state index is -0.571. The van der Waals surface area contributed by atoms with E-state index in [-0.39, 0.29) is 24.9 Å². The monoisotopic (exact) mass is 539 g/mol. The van der Waals surface area contributed by atoms with Crippen LogP contribution >= 0.6 is 0 Å². The normalized spacial score (nSPS) is 18.5. The van der Waals surface area contributed by atoms with Crippen molar-refractivity contribution in [2.24, 2.45) is 0 Å². The zero-order valence-electron chi connectivity index (χ0n) is 22.9. The summed E-state index contributed by atoms with van der Waals surface area (Å²) in [5.41, 5.74) is 4.41. The van der Waals surface area contributed by atoms with Crippen LogP contribution < -0.4 is 19.5 Å². The van der Waals surface area contributed by atoms with Gasteiger partial charge in [0.2, 0.25) is 0 Å². The second-order valence-electron chi connectivity index (χ2n) is 9.86. The van der Waals surface area contributed by atoms with Crippen molar-refractivity contribution in [1.29, 1.82) is 0 Å². The zero-order chi connectivity index (χ0) is 28.1. The fourth-order valence-corrected chi connectivity index (χ4v) is 5.46. The van der Waals surface area contributed by atoms with Crippen molar-refractivity contribution in [3.05, 3.63) is 113 Å². The van der Waals surface area contributed by atoms with Crippen molar-refractivity contribution in [1.82, 2.24) is 5.32 Å². The fraction of sp³-hybridized carbons (Fsp3) is 0.273. The molecule has 0 saturated carbocycles. The molecule has 1 aliphatic heterocycles. The van der Waals surface area contributed by atoms with Crippen LogP contribution in [0.1, 0.15) is 42.7 Å². The van der Waals surface area contributed by atoms with E-state index in [1.165, 1.54) is 0 Å². The molecule has 0 aromatic heterocycles. The molecule has 2 aliphatic rings. The molecular weight excluding hydrogens is 506 g/mol. The maximum atomic E-state index is 13.8. The zero-order valence-corrected chi connectivity index (χ0v) is 22.9. The van der Waals surface area contributed by atoms with E-state index in [0.29, 0.717) is 41.2 Å². The van der Waals surface area contributed by atoms with E-state index >= 15 is 0 Å². The van der Waals surface area contributed by atoms with E-state index in [0.717, 1.165) is 22.6 Å². The molecule has 2 atom stereocenters. The lowest BCUT2D eigenvalue weighted by molar-refractivity contribution is -0.140. The smallest absolute Gasteiger partial charge is 0.336 e. The fourth-order valence-electron chi connectivity index (χ4n) is 5.46. The summed E-state index contributed by atoms with van der Waals surface area (Å²) in [4.78, 5) is 27.3. The molecule has 40 heavy (non-hydrogen) atoms. The Morgan fingerprint density at radius 2 is 1.55 bits per heavy atom. The number of carbonyl (C=O) groups excluding carboxylic acids is 2. The van der Waals surface area contributed by atoms with Crippen LogP contribution in [0, 0.1) is 0 Å². The van der Waals surface area contributed by atoms with Crippen LogP contribution in [-0.2, 0) is 14.3 Å². The van der Waals surface area contributed by atoms with Gasteiger partial charge in [0.1, 0.15) is 30.5 Å². The van der Waals surface area contributed by atoms with Crippen LogP contribution in [0.4, 0.5) is 0 Å². The lowest BCUT2D eigenvalue weighted by Gasteiger charge is -2.36. The van der Waals surface area contributed by atoms with E-state index in [1.807, 2.05) is 85.8 Å². The topological polar surface area (TPSA) is 83.1 Å². The van der Waals surface area contributed by atoms with Gasteiger partial charge in [0.25, 0.3) is 0 Å². The Bertz CT molecular complexity index is 1440. The van der Waals surface area contributed by atoms with Crippen LogP contribution in [0.15, 0.2) is 101 Å². The third-order valence-corrected chi connectivity index (χ3v) is 7.39. The van der Waals surface area contributed by atoms with Gasteiger partial charge >= 0.3 is 5.97 Å². The largest absolute Gasteiger partial charge is 0.497 e. The maximum absolute atomic E-state index is 13.8. The first-order valence-corrected chi connectivity index (χ1v) is 13.4. The molecule has 1 heterocycles. The third kappa shape index (κ3) is 5.73. The van der Waals surface area contributed by atoms with Gasteiger partial charge in [-0.1, -0.05) is 42.5 Å². The van der Waals surface area contributed by atoms with Gasteiger partial charge in [0.15, 0.2) is 5.78 Å². The van der Waals surface area contributed by atoms with Crippen LogP contribution in [0.25, 0.3) is 0 Å². The molecule has 0 saturated heterocycles. The van der Waals surface area contributed by atoms with E-state index in [4.69, 9.17) is 18.9 Å². The molecule has 1 aliphatic carbocycles. The highest BCUT2D eigenvalue weighted by atomic mass is 16.6. The van der Waals surface area contributed by atoms with Crippen LogP contribution in [0.3, 0.4) is 0 Å². The van der Waals surface area contributed by atoms with Crippen molar-refractivity contribution in [3.8, 4) is 17.2 Å². The Morgan fingerprint density at radius 1 is 0.825 bits per heavy atom. The van der Waals surface area contributed by atoms with Gasteiger partial charge in [-0.15, -0.1) is 0 Å². The molecule has 3 aromatic rings. The summed E-state index contributed by atoms with van der Waals surface area (Å²) >= 11 is 0. The number of Topliss-reactive ketones (excluding diaryl/α,β-unsaturated/α-hetero) is 1. The van der Waals surface area contributed by atoms with E-state index in [2.05, 4.69) is 5.32 Å². The Labute approximate surface area is 234 Å². The summed E-state index contributed by atoms with van der Waals surface area (Å²) in [6.45, 7) is 2.15. The van der Waals surface area contributed by atoms with E-state index < -0.39 is 11.9 Å². The SMILES string of the molecule is COc1ccc(C2CC(=O)C3=C(C2)NC(C)=C(C(=O)OCCOc2ccccc2)C3c2cccc(OC)c2)cc1. The number of para-hydroxylation sites is 1. The molecule has 5 rings (SSSR count). The molecule has 7 heteroatoms. The number of allylic oxidation sites excluding steroid dienone is 3. The first-order valence-electron chi connectivity index (χ1n) is 13.4. The molecule has 0 fully saturated rings. The van der Waals surface area contributed by atoms with Crippen LogP contribution in [0.5, 0.6) is 17.2 Å². The molecule has 206 valence electrons. The van der Waals surface area contributed by atoms with Gasteiger partial charge < -0.3 is 24.3 Å². The lowest BCUT2D eigenvalue weighted by atomic mass is 9.71. The van der Waals surface area contributed by atoms with Crippen molar-refractivity contribution >= 4 is 11.8 Å². The first-order chi connectivity index (χ1) is 19.5. The lowest BCUT2D eigenvalue weighted by Crippen LogP contribution is -2.36. The summed E-state index contributed by atoms with van der Waals surface area (Å²) in [6, 6.07) is 24.7.